The summed E-state index contributed by atoms with van der Waals surface area (Å²) in [4.78, 5) is 37.3. The van der Waals surface area contributed by atoms with E-state index in [1.165, 1.54) is 11.1 Å². The molecule has 14 rings (SSSR count). The van der Waals surface area contributed by atoms with Crippen molar-refractivity contribution in [1.82, 2.24) is 49.7 Å². The Morgan fingerprint density at radius 1 is 0.284 bits per heavy atom. The number of imidazole rings is 4. The fraction of sp³-hybridized carbons (Fsp3) is 0.111. The Kier molecular flexibility index (Phi) is 16.0. The number of H-pyrrole nitrogens is 4. The van der Waals surface area contributed by atoms with E-state index in [1.54, 1.807) is 0 Å². The van der Waals surface area contributed by atoms with Crippen LogP contribution in [0.1, 0.15) is 22.3 Å². The molecule has 0 amide bonds. The first-order valence-electron chi connectivity index (χ1n) is 29.0. The van der Waals surface area contributed by atoms with E-state index in [-0.39, 0.29) is 0 Å². The summed E-state index contributed by atoms with van der Waals surface area (Å²) in [5.41, 5.74) is 27.0. The van der Waals surface area contributed by atoms with Crippen molar-refractivity contribution in [2.75, 3.05) is 28.2 Å². The molecule has 4 aromatic heterocycles. The number of hydrogen-bond donors (Lipinski definition) is 6. The molecule has 4 heterocycles. The molecule has 0 unspecified atom stereocenters. The van der Waals surface area contributed by atoms with Crippen molar-refractivity contribution >= 4 is 44.1 Å². The number of nitrogens with two attached hydrogens (primary N) is 2. The first kappa shape index (κ1) is 56.3. The molecule has 0 fully saturated rings. The van der Waals surface area contributed by atoms with Gasteiger partial charge in [-0.15, -0.1) is 0 Å². The van der Waals surface area contributed by atoms with Gasteiger partial charge in [-0.3, -0.25) is 0 Å². The molecule has 0 aliphatic rings. The summed E-state index contributed by atoms with van der Waals surface area (Å²) in [5.74, 6) is 9.21. The maximum absolute atomic E-state index is 6.12. The lowest BCUT2D eigenvalue weighted by Crippen LogP contribution is -2.10. The monoisotopic (exact) mass is 1160 g/mol. The normalized spacial score (nSPS) is 11.5. The van der Waals surface area contributed by atoms with Crippen molar-refractivity contribution in [2.24, 2.45) is 11.5 Å². The molecule has 0 bridgehead atoms. The summed E-state index contributed by atoms with van der Waals surface area (Å²) in [5, 5.41) is 0. The van der Waals surface area contributed by atoms with Gasteiger partial charge in [0.05, 0.1) is 44.1 Å². The molecular weight excluding hydrogens is 1100 g/mol. The Morgan fingerprint density at radius 3 is 0.716 bits per heavy atom. The lowest BCUT2D eigenvalue weighted by atomic mass is 10.1. The average Bonchev–Trinajstić information content (AvgIpc) is 3.32. The maximum Gasteiger partial charge on any atom is 0.138 e. The second-order valence-electron chi connectivity index (χ2n) is 22.1. The molecule has 10 aromatic carbocycles. The molecule has 16 nitrogen and oxygen atoms in total. The van der Waals surface area contributed by atoms with Crippen LogP contribution in [0, 0.1) is 0 Å². The van der Waals surface area contributed by atoms with Crippen LogP contribution in [0.25, 0.3) is 89.7 Å². The third-order valence-corrected chi connectivity index (χ3v) is 14.8. The molecule has 0 saturated heterocycles. The lowest BCUT2D eigenvalue weighted by molar-refractivity contribution is 0.402. The molecule has 8 N–H and O–H groups in total. The quantitative estimate of drug-likeness (QED) is 0.0474. The van der Waals surface area contributed by atoms with E-state index in [2.05, 4.69) is 106 Å². The van der Waals surface area contributed by atoms with E-state index in [1.807, 2.05) is 170 Å². The number of ether oxygens (including phenoxy) is 4. The second-order valence-corrected chi connectivity index (χ2v) is 22.1. The molecule has 14 aromatic rings. The first-order chi connectivity index (χ1) is 43.0. The Morgan fingerprint density at radius 2 is 0.500 bits per heavy atom. The van der Waals surface area contributed by atoms with Gasteiger partial charge in [-0.2, -0.15) is 0 Å². The number of nitrogens with zero attached hydrogens (tertiary/aromatic N) is 6. The average molecular weight is 1160 g/mol. The summed E-state index contributed by atoms with van der Waals surface area (Å²) in [7, 11) is 8.25. The standard InChI is InChI=1S/C38H36N6O2.C34H28N6O2/c1-43(2)23-25-5-13-29(14-6-25)45-31-17-19-33-35(21-31)41-37(39-33)27-9-11-28(12-10-27)38-40-34-20-18-32(22-36(34)42-38)46-30-15-7-26(8-16-30)24-44(3)4;35-19-21-1-9-25(10-2-21)41-27-13-15-29-31(17-27)39-33(37-29)23-5-7-24(8-6-23)34-38-30-16-14-28(18-32(30)40-34)42-26-11-3-22(20-36)4-12-26/h5-22H,23-24H2,1-4H3,(H,39,41)(H,40,42);1-18H,19-20,35-36H2,(H,37,39)(H,38,40). The molecule has 0 spiro atoms. The summed E-state index contributed by atoms with van der Waals surface area (Å²) >= 11 is 0. The highest BCUT2D eigenvalue weighted by Gasteiger charge is 2.14. The van der Waals surface area contributed by atoms with Gasteiger partial charge in [0, 0.05) is 72.7 Å². The number of fused-ring (bicyclic) bond motifs is 4. The van der Waals surface area contributed by atoms with Crippen molar-refractivity contribution in [1.29, 1.82) is 0 Å². The lowest BCUT2D eigenvalue weighted by Gasteiger charge is -2.10. The van der Waals surface area contributed by atoms with E-state index in [9.17, 15) is 0 Å². The first-order valence-corrected chi connectivity index (χ1v) is 29.0. The van der Waals surface area contributed by atoms with Crippen LogP contribution in [-0.4, -0.2) is 77.9 Å². The fourth-order valence-corrected chi connectivity index (χ4v) is 10.3. The van der Waals surface area contributed by atoms with Gasteiger partial charge < -0.3 is 60.2 Å². The number of rotatable bonds is 18. The summed E-state index contributed by atoms with van der Waals surface area (Å²) in [6, 6.07) is 71.8. The third-order valence-electron chi connectivity index (χ3n) is 14.8. The van der Waals surface area contributed by atoms with Crippen LogP contribution < -0.4 is 30.4 Å². The zero-order chi connectivity index (χ0) is 60.1. The molecule has 88 heavy (non-hydrogen) atoms. The van der Waals surface area contributed by atoms with Crippen molar-refractivity contribution < 1.29 is 18.9 Å². The van der Waals surface area contributed by atoms with E-state index in [4.69, 9.17) is 50.4 Å². The zero-order valence-corrected chi connectivity index (χ0v) is 49.1. The second kappa shape index (κ2) is 25.0. The van der Waals surface area contributed by atoms with Crippen LogP contribution in [-0.2, 0) is 26.2 Å². The molecule has 0 atom stereocenters. The molecular formula is C72H64N12O4. The molecule has 16 heteroatoms. The van der Waals surface area contributed by atoms with Crippen LogP contribution >= 0.6 is 0 Å². The van der Waals surface area contributed by atoms with Gasteiger partial charge >= 0.3 is 0 Å². The number of hydrogen-bond acceptors (Lipinski definition) is 12. The fourth-order valence-electron chi connectivity index (χ4n) is 10.3. The smallest absolute Gasteiger partial charge is 0.138 e. The summed E-state index contributed by atoms with van der Waals surface area (Å²) in [6.45, 7) is 2.80. The van der Waals surface area contributed by atoms with Gasteiger partial charge in [-0.1, -0.05) is 97.1 Å². The SMILES string of the molecule is CN(C)Cc1ccc(Oc2ccc3[nH]c(-c4ccc(-c5nc6cc(Oc7ccc(CN(C)C)cc7)ccc6[nH]5)cc4)nc3c2)cc1.NCc1ccc(Oc2ccc3[nH]c(-c4ccc(-c5nc6cc(Oc7ccc(CN)cc7)ccc6[nH]5)cc4)nc3c2)cc1. The number of aromatic nitrogens is 8. The van der Waals surface area contributed by atoms with Gasteiger partial charge in [0.15, 0.2) is 0 Å². The Balaban J connectivity index is 0.000000163. The van der Waals surface area contributed by atoms with Crippen molar-refractivity contribution in [2.45, 2.75) is 26.2 Å². The van der Waals surface area contributed by atoms with E-state index in [0.717, 1.165) is 160 Å². The van der Waals surface area contributed by atoms with E-state index < -0.39 is 0 Å². The topological polar surface area (TPSA) is 210 Å². The minimum absolute atomic E-state index is 0.504. The molecule has 0 radical (unpaired) electrons. The summed E-state index contributed by atoms with van der Waals surface area (Å²) < 4.78 is 24.3. The molecule has 0 saturated carbocycles. The van der Waals surface area contributed by atoms with Gasteiger partial charge in [0.1, 0.15) is 69.3 Å². The molecule has 0 aliphatic heterocycles. The zero-order valence-electron chi connectivity index (χ0n) is 49.1. The number of aromatic amines is 4. The highest BCUT2D eigenvalue weighted by Crippen LogP contribution is 2.34. The van der Waals surface area contributed by atoms with Crippen LogP contribution in [0.5, 0.6) is 46.0 Å². The van der Waals surface area contributed by atoms with E-state index in [0.29, 0.717) is 13.1 Å². The van der Waals surface area contributed by atoms with Crippen molar-refractivity contribution in [3.8, 4) is 91.5 Å². The molecule has 0 aliphatic carbocycles. The minimum atomic E-state index is 0.504. The molecule has 436 valence electrons. The van der Waals surface area contributed by atoms with Crippen LogP contribution in [0.2, 0.25) is 0 Å². The van der Waals surface area contributed by atoms with Crippen molar-refractivity contribution in [3.63, 3.8) is 0 Å². The largest absolute Gasteiger partial charge is 0.457 e. The van der Waals surface area contributed by atoms with Gasteiger partial charge in [0.25, 0.3) is 0 Å². The Labute approximate surface area is 508 Å². The van der Waals surface area contributed by atoms with Gasteiger partial charge in [0.2, 0.25) is 0 Å². The van der Waals surface area contributed by atoms with Crippen LogP contribution in [0.4, 0.5) is 0 Å². The van der Waals surface area contributed by atoms with Crippen LogP contribution in [0.15, 0.2) is 218 Å². The van der Waals surface area contributed by atoms with Gasteiger partial charge in [-0.25, -0.2) is 19.9 Å². The van der Waals surface area contributed by atoms with Gasteiger partial charge in [-0.05, 0) is 148 Å². The van der Waals surface area contributed by atoms with Crippen molar-refractivity contribution in [3.05, 3.63) is 241 Å². The van der Waals surface area contributed by atoms with Crippen LogP contribution in [0.3, 0.4) is 0 Å². The Bertz CT molecular complexity index is 4390. The van der Waals surface area contributed by atoms with E-state index >= 15 is 0 Å². The number of benzene rings is 10. The maximum atomic E-state index is 6.12. The highest BCUT2D eigenvalue weighted by atomic mass is 16.5. The minimum Gasteiger partial charge on any atom is -0.457 e. The number of nitrogens with one attached hydrogen (secondary N) is 4. The summed E-state index contributed by atoms with van der Waals surface area (Å²) in [6.07, 6.45) is 0. The third kappa shape index (κ3) is 13.2. The highest BCUT2D eigenvalue weighted by molar-refractivity contribution is 5.85. The Hall–Kier alpha value is -10.9. The predicted octanol–water partition coefficient (Wildman–Crippen LogP) is 15.8. The predicted molar refractivity (Wildman–Crippen MR) is 350 cm³/mol.